The van der Waals surface area contributed by atoms with Gasteiger partial charge in [-0.2, -0.15) is 4.31 Å². The standard InChI is InChI=1S/C15H22N2O3S/c1-12-5-6-14(13-4-2-7-16-15(12)13)21(18,19)17-8-3-10-20-11-9-17/h5-6,16H,2-4,7-11H2,1H3. The van der Waals surface area contributed by atoms with Crippen molar-refractivity contribution in [2.24, 2.45) is 0 Å². The number of rotatable bonds is 2. The molecule has 0 unspecified atom stereocenters. The van der Waals surface area contributed by atoms with Gasteiger partial charge in [0.2, 0.25) is 10.0 Å². The van der Waals surface area contributed by atoms with Crippen molar-refractivity contribution in [2.75, 3.05) is 38.2 Å². The molecule has 1 saturated heterocycles. The van der Waals surface area contributed by atoms with E-state index >= 15 is 0 Å². The van der Waals surface area contributed by atoms with E-state index in [4.69, 9.17) is 4.74 Å². The molecule has 0 bridgehead atoms. The lowest BCUT2D eigenvalue weighted by Crippen LogP contribution is -2.34. The fourth-order valence-corrected chi connectivity index (χ4v) is 4.78. The van der Waals surface area contributed by atoms with Crippen molar-refractivity contribution < 1.29 is 13.2 Å². The summed E-state index contributed by atoms with van der Waals surface area (Å²) in [6.45, 7) is 5.03. The minimum absolute atomic E-state index is 0.443. The van der Waals surface area contributed by atoms with Gasteiger partial charge in [-0.05, 0) is 43.4 Å². The zero-order chi connectivity index (χ0) is 14.9. The number of aryl methyl sites for hydroxylation is 1. The number of nitrogens with one attached hydrogen (secondary N) is 1. The van der Waals surface area contributed by atoms with Crippen LogP contribution >= 0.6 is 0 Å². The molecule has 6 heteroatoms. The number of hydrogen-bond donors (Lipinski definition) is 1. The molecule has 1 fully saturated rings. The van der Waals surface area contributed by atoms with E-state index in [9.17, 15) is 8.42 Å². The Balaban J connectivity index is 2.02. The Morgan fingerprint density at radius 2 is 2.05 bits per heavy atom. The van der Waals surface area contributed by atoms with E-state index in [0.29, 0.717) is 31.2 Å². The molecule has 0 spiro atoms. The molecule has 116 valence electrons. The molecule has 2 aliphatic heterocycles. The van der Waals surface area contributed by atoms with Crippen molar-refractivity contribution in [3.63, 3.8) is 0 Å². The highest BCUT2D eigenvalue weighted by molar-refractivity contribution is 7.89. The number of sulfonamides is 1. The quantitative estimate of drug-likeness (QED) is 0.904. The van der Waals surface area contributed by atoms with Crippen LogP contribution in [0.3, 0.4) is 0 Å². The van der Waals surface area contributed by atoms with Crippen molar-refractivity contribution >= 4 is 15.7 Å². The Kier molecular flexibility index (Phi) is 4.19. The van der Waals surface area contributed by atoms with E-state index in [0.717, 1.165) is 42.6 Å². The summed E-state index contributed by atoms with van der Waals surface area (Å²) < 4.78 is 32.9. The fraction of sp³-hybridized carbons (Fsp3) is 0.600. The smallest absolute Gasteiger partial charge is 0.243 e. The van der Waals surface area contributed by atoms with Gasteiger partial charge in [-0.25, -0.2) is 8.42 Å². The van der Waals surface area contributed by atoms with Crippen LogP contribution in [0, 0.1) is 6.92 Å². The SMILES string of the molecule is Cc1ccc(S(=O)(=O)N2CCCOCC2)c2c1NCCC2. The van der Waals surface area contributed by atoms with Crippen LogP contribution in [-0.4, -0.2) is 45.6 Å². The molecule has 2 heterocycles. The van der Waals surface area contributed by atoms with Crippen LogP contribution in [0.2, 0.25) is 0 Å². The summed E-state index contributed by atoms with van der Waals surface area (Å²) in [5.41, 5.74) is 3.07. The van der Waals surface area contributed by atoms with Gasteiger partial charge in [0.1, 0.15) is 0 Å². The molecule has 0 atom stereocenters. The monoisotopic (exact) mass is 310 g/mol. The highest BCUT2D eigenvalue weighted by atomic mass is 32.2. The lowest BCUT2D eigenvalue weighted by molar-refractivity contribution is 0.148. The average molecular weight is 310 g/mol. The van der Waals surface area contributed by atoms with Crippen molar-refractivity contribution in [2.45, 2.75) is 31.1 Å². The predicted octanol–water partition coefficient (Wildman–Crippen LogP) is 1.76. The second kappa shape index (κ2) is 5.94. The highest BCUT2D eigenvalue weighted by Crippen LogP contribution is 2.33. The Morgan fingerprint density at radius 3 is 2.90 bits per heavy atom. The number of hydrogen-bond acceptors (Lipinski definition) is 4. The summed E-state index contributed by atoms with van der Waals surface area (Å²) >= 11 is 0. The molecule has 1 aromatic rings. The first kappa shape index (κ1) is 14.8. The van der Waals surface area contributed by atoms with Gasteiger partial charge in [0.15, 0.2) is 0 Å². The van der Waals surface area contributed by atoms with Gasteiger partial charge >= 0.3 is 0 Å². The van der Waals surface area contributed by atoms with Gasteiger partial charge < -0.3 is 10.1 Å². The number of ether oxygens (including phenoxy) is 1. The first-order chi connectivity index (χ1) is 10.1. The maximum Gasteiger partial charge on any atom is 0.243 e. The van der Waals surface area contributed by atoms with Gasteiger partial charge in [-0.15, -0.1) is 0 Å². The number of nitrogens with zero attached hydrogens (tertiary/aromatic N) is 1. The molecule has 0 amide bonds. The van der Waals surface area contributed by atoms with E-state index in [-0.39, 0.29) is 0 Å². The number of benzene rings is 1. The van der Waals surface area contributed by atoms with Crippen LogP contribution < -0.4 is 5.32 Å². The molecule has 1 N–H and O–H groups in total. The topological polar surface area (TPSA) is 58.6 Å². The third-order valence-electron chi connectivity index (χ3n) is 4.18. The van der Waals surface area contributed by atoms with E-state index in [1.54, 1.807) is 10.4 Å². The van der Waals surface area contributed by atoms with Crippen LogP contribution in [0.5, 0.6) is 0 Å². The van der Waals surface area contributed by atoms with Crippen LogP contribution in [0.4, 0.5) is 5.69 Å². The van der Waals surface area contributed by atoms with Crippen LogP contribution in [0.15, 0.2) is 17.0 Å². The molecule has 0 radical (unpaired) electrons. The Bertz CT molecular complexity index is 620. The minimum Gasteiger partial charge on any atom is -0.385 e. The number of fused-ring (bicyclic) bond motifs is 1. The maximum atomic E-state index is 13.0. The van der Waals surface area contributed by atoms with Crippen LogP contribution in [-0.2, 0) is 21.2 Å². The molecule has 0 saturated carbocycles. The lowest BCUT2D eigenvalue weighted by Gasteiger charge is -2.26. The highest BCUT2D eigenvalue weighted by Gasteiger charge is 2.29. The van der Waals surface area contributed by atoms with Crippen molar-refractivity contribution in [3.8, 4) is 0 Å². The number of anilines is 1. The van der Waals surface area contributed by atoms with Gasteiger partial charge in [0, 0.05) is 31.9 Å². The summed E-state index contributed by atoms with van der Waals surface area (Å²) in [4.78, 5) is 0.470. The summed E-state index contributed by atoms with van der Waals surface area (Å²) in [5.74, 6) is 0. The average Bonchev–Trinajstić information content (AvgIpc) is 2.77. The van der Waals surface area contributed by atoms with E-state index in [1.807, 2.05) is 13.0 Å². The fourth-order valence-electron chi connectivity index (χ4n) is 3.06. The molecule has 21 heavy (non-hydrogen) atoms. The summed E-state index contributed by atoms with van der Waals surface area (Å²) in [6.07, 6.45) is 2.55. The molecular formula is C15H22N2O3S. The second-order valence-electron chi connectivity index (χ2n) is 5.63. The minimum atomic E-state index is -3.43. The zero-order valence-electron chi connectivity index (χ0n) is 12.4. The van der Waals surface area contributed by atoms with E-state index < -0.39 is 10.0 Å². The van der Waals surface area contributed by atoms with Gasteiger partial charge in [-0.1, -0.05) is 6.07 Å². The third-order valence-corrected chi connectivity index (χ3v) is 6.17. The first-order valence-electron chi connectivity index (χ1n) is 7.55. The summed E-state index contributed by atoms with van der Waals surface area (Å²) in [6, 6.07) is 3.67. The zero-order valence-corrected chi connectivity index (χ0v) is 13.2. The normalized spacial score (nSPS) is 20.4. The van der Waals surface area contributed by atoms with Crippen LogP contribution in [0.25, 0.3) is 0 Å². The third kappa shape index (κ3) is 2.80. The Hall–Kier alpha value is -1.11. The Morgan fingerprint density at radius 1 is 1.19 bits per heavy atom. The molecule has 2 aliphatic rings. The van der Waals surface area contributed by atoms with Crippen molar-refractivity contribution in [1.82, 2.24) is 4.31 Å². The van der Waals surface area contributed by atoms with E-state index in [2.05, 4.69) is 5.32 Å². The summed E-state index contributed by atoms with van der Waals surface area (Å²) in [5, 5.41) is 3.35. The predicted molar refractivity (Wildman–Crippen MR) is 82.2 cm³/mol. The second-order valence-corrected chi connectivity index (χ2v) is 7.54. The largest absolute Gasteiger partial charge is 0.385 e. The van der Waals surface area contributed by atoms with Crippen LogP contribution in [0.1, 0.15) is 24.0 Å². The maximum absolute atomic E-state index is 13.0. The van der Waals surface area contributed by atoms with Gasteiger partial charge in [0.25, 0.3) is 0 Å². The first-order valence-corrected chi connectivity index (χ1v) is 8.99. The molecule has 0 aromatic heterocycles. The molecule has 0 aliphatic carbocycles. The lowest BCUT2D eigenvalue weighted by atomic mass is 10.00. The Labute approximate surface area is 126 Å². The van der Waals surface area contributed by atoms with Crippen molar-refractivity contribution in [3.05, 3.63) is 23.3 Å². The molecular weight excluding hydrogens is 288 g/mol. The van der Waals surface area contributed by atoms with Gasteiger partial charge in [0.05, 0.1) is 11.5 Å². The van der Waals surface area contributed by atoms with Crippen molar-refractivity contribution in [1.29, 1.82) is 0 Å². The molecule has 5 nitrogen and oxygen atoms in total. The van der Waals surface area contributed by atoms with Gasteiger partial charge in [-0.3, -0.25) is 0 Å². The molecule has 1 aromatic carbocycles. The molecule has 3 rings (SSSR count). The van der Waals surface area contributed by atoms with E-state index in [1.165, 1.54) is 0 Å². The summed E-state index contributed by atoms with van der Waals surface area (Å²) in [7, 11) is -3.43.